The molecule has 0 radical (unpaired) electrons. The van der Waals surface area contributed by atoms with E-state index in [9.17, 15) is 9.59 Å². The van der Waals surface area contributed by atoms with Crippen molar-refractivity contribution in [2.75, 3.05) is 0 Å². The fourth-order valence-electron chi connectivity index (χ4n) is 2.21. The van der Waals surface area contributed by atoms with Gasteiger partial charge >= 0.3 is 5.97 Å². The average Bonchev–Trinajstić information content (AvgIpc) is 2.40. The lowest BCUT2D eigenvalue weighted by Gasteiger charge is -2.12. The minimum absolute atomic E-state index is 0.0872. The molecule has 1 heterocycles. The molecular weight excluding hydrogens is 256 g/mol. The molecule has 5 heteroatoms. The Morgan fingerprint density at radius 3 is 2.65 bits per heavy atom. The zero-order chi connectivity index (χ0) is 14.9. The Morgan fingerprint density at radius 1 is 1.40 bits per heavy atom. The molecule has 5 nitrogen and oxygen atoms in total. The van der Waals surface area contributed by atoms with Crippen LogP contribution in [0, 0.1) is 0 Å². The van der Waals surface area contributed by atoms with Crippen LogP contribution >= 0.6 is 0 Å². The van der Waals surface area contributed by atoms with Crippen molar-refractivity contribution >= 4 is 16.9 Å². The van der Waals surface area contributed by atoms with E-state index in [2.05, 4.69) is 18.9 Å². The number of aromatic nitrogens is 2. The van der Waals surface area contributed by atoms with E-state index in [-0.39, 0.29) is 17.5 Å². The van der Waals surface area contributed by atoms with E-state index in [0.717, 1.165) is 11.1 Å². The zero-order valence-electron chi connectivity index (χ0n) is 11.9. The summed E-state index contributed by atoms with van der Waals surface area (Å²) in [5, 5.41) is 13.6. The number of carbonyl (C=O) groups is 1. The van der Waals surface area contributed by atoms with Gasteiger partial charge in [0.2, 0.25) is 5.43 Å². The highest BCUT2D eigenvalue weighted by Gasteiger charge is 2.14. The van der Waals surface area contributed by atoms with Crippen LogP contribution in [-0.2, 0) is 17.8 Å². The monoisotopic (exact) mass is 274 g/mol. The van der Waals surface area contributed by atoms with Crippen molar-refractivity contribution < 1.29 is 9.90 Å². The van der Waals surface area contributed by atoms with E-state index < -0.39 is 5.97 Å². The molecule has 0 aliphatic rings. The summed E-state index contributed by atoms with van der Waals surface area (Å²) >= 11 is 0. The van der Waals surface area contributed by atoms with Crippen LogP contribution in [0.15, 0.2) is 23.0 Å². The van der Waals surface area contributed by atoms with E-state index in [4.69, 9.17) is 5.11 Å². The van der Waals surface area contributed by atoms with Gasteiger partial charge in [0.1, 0.15) is 5.69 Å². The third-order valence-electron chi connectivity index (χ3n) is 3.33. The van der Waals surface area contributed by atoms with Crippen molar-refractivity contribution in [3.63, 3.8) is 0 Å². The summed E-state index contributed by atoms with van der Waals surface area (Å²) in [6.07, 6.45) is -0.347. The quantitative estimate of drug-likeness (QED) is 0.927. The van der Waals surface area contributed by atoms with Crippen LogP contribution in [0.1, 0.15) is 37.9 Å². The molecule has 2 rings (SSSR count). The lowest BCUT2D eigenvalue weighted by atomic mass is 10.0. The maximum Gasteiger partial charge on any atom is 0.309 e. The Hall–Kier alpha value is -2.17. The lowest BCUT2D eigenvalue weighted by Crippen LogP contribution is -2.21. The molecule has 0 saturated heterocycles. The second-order valence-electron chi connectivity index (χ2n) is 5.09. The molecule has 0 aliphatic heterocycles. The van der Waals surface area contributed by atoms with Gasteiger partial charge in [0.15, 0.2) is 0 Å². The smallest absolute Gasteiger partial charge is 0.309 e. The van der Waals surface area contributed by atoms with E-state index in [1.807, 2.05) is 19.1 Å². The number of aryl methyl sites for hydroxylation is 1. The number of benzene rings is 1. The normalized spacial score (nSPS) is 11.2. The van der Waals surface area contributed by atoms with Gasteiger partial charge < -0.3 is 5.11 Å². The van der Waals surface area contributed by atoms with E-state index in [0.29, 0.717) is 17.8 Å². The lowest BCUT2D eigenvalue weighted by molar-refractivity contribution is -0.136. The van der Waals surface area contributed by atoms with Crippen LogP contribution in [0.2, 0.25) is 0 Å². The van der Waals surface area contributed by atoms with Crippen molar-refractivity contribution in [3.8, 4) is 0 Å². The standard InChI is InChI=1S/C15H18N2O3/c1-4-17-13-7-10(9(2)3)5-6-11(13)15(20)12(16-17)8-14(18)19/h5-7,9H,4,8H2,1-3H3,(H,18,19). The number of hydrogen-bond donors (Lipinski definition) is 1. The highest BCUT2D eigenvalue weighted by Crippen LogP contribution is 2.19. The molecule has 106 valence electrons. The van der Waals surface area contributed by atoms with Crippen molar-refractivity contribution in [3.05, 3.63) is 39.7 Å². The number of hydrogen-bond acceptors (Lipinski definition) is 3. The summed E-state index contributed by atoms with van der Waals surface area (Å²) in [5.74, 6) is -0.686. The fraction of sp³-hybridized carbons (Fsp3) is 0.400. The van der Waals surface area contributed by atoms with Gasteiger partial charge in [-0.1, -0.05) is 19.9 Å². The minimum Gasteiger partial charge on any atom is -0.481 e. The first kappa shape index (κ1) is 14.2. The van der Waals surface area contributed by atoms with Crippen LogP contribution in [-0.4, -0.2) is 20.9 Å². The van der Waals surface area contributed by atoms with Gasteiger partial charge in [0, 0.05) is 11.9 Å². The maximum atomic E-state index is 12.3. The minimum atomic E-state index is -1.05. The van der Waals surface area contributed by atoms with Crippen molar-refractivity contribution in [1.82, 2.24) is 9.78 Å². The number of carboxylic acid groups (broad SMARTS) is 1. The third kappa shape index (κ3) is 2.57. The van der Waals surface area contributed by atoms with Crippen molar-refractivity contribution in [1.29, 1.82) is 0 Å². The van der Waals surface area contributed by atoms with Crippen molar-refractivity contribution in [2.24, 2.45) is 0 Å². The van der Waals surface area contributed by atoms with E-state index in [1.165, 1.54) is 0 Å². The number of rotatable bonds is 4. The number of fused-ring (bicyclic) bond motifs is 1. The summed E-state index contributed by atoms with van der Waals surface area (Å²) in [6.45, 7) is 6.68. The SMILES string of the molecule is CCn1nc(CC(=O)O)c(=O)c2ccc(C(C)C)cc21. The van der Waals surface area contributed by atoms with Crippen LogP contribution in [0.5, 0.6) is 0 Å². The molecule has 0 spiro atoms. The van der Waals surface area contributed by atoms with Gasteiger partial charge in [0.05, 0.1) is 11.9 Å². The van der Waals surface area contributed by atoms with Gasteiger partial charge in [-0.2, -0.15) is 5.10 Å². The molecule has 0 bridgehead atoms. The van der Waals surface area contributed by atoms with Gasteiger partial charge in [-0.15, -0.1) is 0 Å². The Labute approximate surface area is 116 Å². The first-order valence-corrected chi connectivity index (χ1v) is 6.69. The zero-order valence-corrected chi connectivity index (χ0v) is 11.9. The molecule has 0 aliphatic carbocycles. The second-order valence-corrected chi connectivity index (χ2v) is 5.09. The number of carboxylic acids is 1. The summed E-state index contributed by atoms with van der Waals surface area (Å²) < 4.78 is 1.70. The molecule has 0 amide bonds. The van der Waals surface area contributed by atoms with Crippen molar-refractivity contribution in [2.45, 2.75) is 39.7 Å². The van der Waals surface area contributed by atoms with E-state index in [1.54, 1.807) is 10.7 Å². The fourth-order valence-corrected chi connectivity index (χ4v) is 2.21. The molecule has 0 atom stereocenters. The molecule has 1 aromatic carbocycles. The summed E-state index contributed by atoms with van der Waals surface area (Å²) in [6, 6.07) is 5.65. The topological polar surface area (TPSA) is 72.2 Å². The summed E-state index contributed by atoms with van der Waals surface area (Å²) in [7, 11) is 0. The molecule has 2 aromatic rings. The Balaban J connectivity index is 2.74. The molecule has 1 N–H and O–H groups in total. The first-order valence-electron chi connectivity index (χ1n) is 6.69. The van der Waals surface area contributed by atoms with Gasteiger partial charge in [-0.25, -0.2) is 0 Å². The number of nitrogens with zero attached hydrogens (tertiary/aromatic N) is 2. The van der Waals surface area contributed by atoms with Gasteiger partial charge in [-0.3, -0.25) is 14.3 Å². The van der Waals surface area contributed by atoms with Gasteiger partial charge in [-0.05, 0) is 30.5 Å². The first-order chi connectivity index (χ1) is 9.43. The van der Waals surface area contributed by atoms with Crippen LogP contribution < -0.4 is 5.43 Å². The Kier molecular flexibility index (Phi) is 3.88. The highest BCUT2D eigenvalue weighted by molar-refractivity contribution is 5.80. The molecule has 0 saturated carbocycles. The molecule has 20 heavy (non-hydrogen) atoms. The Bertz CT molecular complexity index is 717. The van der Waals surface area contributed by atoms with Crippen LogP contribution in [0.3, 0.4) is 0 Å². The largest absolute Gasteiger partial charge is 0.481 e. The van der Waals surface area contributed by atoms with Crippen LogP contribution in [0.4, 0.5) is 0 Å². The third-order valence-corrected chi connectivity index (χ3v) is 3.33. The average molecular weight is 274 g/mol. The predicted octanol–water partition coefficient (Wildman–Crippen LogP) is 2.17. The summed E-state index contributed by atoms with van der Waals surface area (Å²) in [4.78, 5) is 23.1. The molecule has 0 fully saturated rings. The molecule has 1 aromatic heterocycles. The Morgan fingerprint density at radius 2 is 2.10 bits per heavy atom. The molecular formula is C15H18N2O3. The van der Waals surface area contributed by atoms with Gasteiger partial charge in [0.25, 0.3) is 0 Å². The second kappa shape index (κ2) is 5.45. The highest BCUT2D eigenvalue weighted by atomic mass is 16.4. The predicted molar refractivity (Wildman–Crippen MR) is 77.1 cm³/mol. The van der Waals surface area contributed by atoms with E-state index >= 15 is 0 Å². The summed E-state index contributed by atoms with van der Waals surface area (Å²) in [5.41, 5.74) is 1.69. The molecule has 0 unspecified atom stereocenters. The van der Waals surface area contributed by atoms with Crippen LogP contribution in [0.25, 0.3) is 10.9 Å². The maximum absolute atomic E-state index is 12.3. The number of aliphatic carboxylic acids is 1.